The molecule has 1 saturated heterocycles. The fourth-order valence-electron chi connectivity index (χ4n) is 2.16. The van der Waals surface area contributed by atoms with E-state index in [1.165, 1.54) is 0 Å². The summed E-state index contributed by atoms with van der Waals surface area (Å²) in [5, 5.41) is 0.271. The van der Waals surface area contributed by atoms with Crippen LogP contribution in [0, 0.1) is 5.92 Å². The summed E-state index contributed by atoms with van der Waals surface area (Å²) in [5.41, 5.74) is 6.14. The second-order valence-corrected chi connectivity index (χ2v) is 4.69. The van der Waals surface area contributed by atoms with Crippen LogP contribution in [0.5, 0.6) is 0 Å². The number of likely N-dealkylation sites (tertiary alicyclic amines) is 1. The van der Waals surface area contributed by atoms with E-state index >= 15 is 0 Å². The number of piperidine rings is 1. The van der Waals surface area contributed by atoms with Gasteiger partial charge in [-0.05, 0) is 37.4 Å². The van der Waals surface area contributed by atoms with Gasteiger partial charge in [0.15, 0.2) is 0 Å². The molecule has 1 unspecified atom stereocenters. The first kappa shape index (κ1) is 12.3. The van der Waals surface area contributed by atoms with Gasteiger partial charge in [-0.3, -0.25) is 4.79 Å². The topological polar surface area (TPSA) is 59.2 Å². The standard InChI is InChI=1S/C12H16ClN3O/c13-11-10(4-1-5-15-11)12(17)16-6-2-3-9(7-14)8-16/h1,4-5,9H,2-3,6-8,14H2. The molecule has 1 fully saturated rings. The van der Waals surface area contributed by atoms with Crippen LogP contribution in [0.1, 0.15) is 23.2 Å². The van der Waals surface area contributed by atoms with Crippen LogP contribution >= 0.6 is 11.6 Å². The smallest absolute Gasteiger partial charge is 0.256 e. The van der Waals surface area contributed by atoms with Gasteiger partial charge in [0.1, 0.15) is 5.15 Å². The Labute approximate surface area is 106 Å². The summed E-state index contributed by atoms with van der Waals surface area (Å²) in [6.45, 7) is 2.13. The van der Waals surface area contributed by atoms with E-state index in [1.54, 1.807) is 18.3 Å². The monoisotopic (exact) mass is 253 g/mol. The van der Waals surface area contributed by atoms with Crippen molar-refractivity contribution in [2.24, 2.45) is 11.7 Å². The Hall–Kier alpha value is -1.13. The van der Waals surface area contributed by atoms with E-state index in [0.29, 0.717) is 18.0 Å². The zero-order valence-electron chi connectivity index (χ0n) is 9.60. The largest absolute Gasteiger partial charge is 0.338 e. The lowest BCUT2D eigenvalue weighted by Gasteiger charge is -2.32. The van der Waals surface area contributed by atoms with Crippen molar-refractivity contribution in [1.29, 1.82) is 0 Å². The number of nitrogens with zero attached hydrogens (tertiary/aromatic N) is 2. The average Bonchev–Trinajstić information content (AvgIpc) is 2.38. The van der Waals surface area contributed by atoms with Crippen LogP contribution < -0.4 is 5.73 Å². The summed E-state index contributed by atoms with van der Waals surface area (Å²) >= 11 is 5.93. The molecule has 1 aromatic rings. The Morgan fingerprint density at radius 1 is 1.65 bits per heavy atom. The first-order chi connectivity index (χ1) is 8.22. The van der Waals surface area contributed by atoms with Gasteiger partial charge in [-0.2, -0.15) is 0 Å². The highest BCUT2D eigenvalue weighted by Gasteiger charge is 2.24. The molecule has 17 heavy (non-hydrogen) atoms. The van der Waals surface area contributed by atoms with Crippen LogP contribution in [0.4, 0.5) is 0 Å². The normalized spacial score (nSPS) is 20.4. The van der Waals surface area contributed by atoms with Crippen molar-refractivity contribution in [3.8, 4) is 0 Å². The van der Waals surface area contributed by atoms with Gasteiger partial charge < -0.3 is 10.6 Å². The maximum Gasteiger partial charge on any atom is 0.256 e. The second-order valence-electron chi connectivity index (χ2n) is 4.34. The lowest BCUT2D eigenvalue weighted by atomic mass is 9.98. The van der Waals surface area contributed by atoms with Crippen molar-refractivity contribution < 1.29 is 4.79 Å². The van der Waals surface area contributed by atoms with E-state index in [-0.39, 0.29) is 11.1 Å². The predicted molar refractivity (Wildman–Crippen MR) is 66.9 cm³/mol. The van der Waals surface area contributed by atoms with Crippen molar-refractivity contribution in [2.75, 3.05) is 19.6 Å². The van der Waals surface area contributed by atoms with E-state index in [9.17, 15) is 4.79 Å². The van der Waals surface area contributed by atoms with Crippen LogP contribution in [-0.4, -0.2) is 35.4 Å². The van der Waals surface area contributed by atoms with Gasteiger partial charge in [0.25, 0.3) is 5.91 Å². The number of hydrogen-bond acceptors (Lipinski definition) is 3. The summed E-state index contributed by atoms with van der Waals surface area (Å²) in [4.78, 5) is 18.0. The Kier molecular flexibility index (Phi) is 3.97. The highest BCUT2D eigenvalue weighted by atomic mass is 35.5. The number of aromatic nitrogens is 1. The van der Waals surface area contributed by atoms with Crippen LogP contribution in [0.15, 0.2) is 18.3 Å². The number of hydrogen-bond donors (Lipinski definition) is 1. The summed E-state index contributed by atoms with van der Waals surface area (Å²) < 4.78 is 0. The molecule has 2 heterocycles. The summed E-state index contributed by atoms with van der Waals surface area (Å²) in [7, 11) is 0. The minimum atomic E-state index is -0.0405. The maximum absolute atomic E-state index is 12.2. The number of nitrogens with two attached hydrogens (primary N) is 1. The minimum absolute atomic E-state index is 0.0405. The van der Waals surface area contributed by atoms with E-state index in [2.05, 4.69) is 4.98 Å². The number of pyridine rings is 1. The van der Waals surface area contributed by atoms with Crippen molar-refractivity contribution in [3.05, 3.63) is 29.0 Å². The SMILES string of the molecule is NCC1CCCN(C(=O)c2cccnc2Cl)C1. The van der Waals surface area contributed by atoms with E-state index < -0.39 is 0 Å². The van der Waals surface area contributed by atoms with Crippen LogP contribution in [0.3, 0.4) is 0 Å². The van der Waals surface area contributed by atoms with E-state index in [1.807, 2.05) is 4.90 Å². The molecule has 1 aliphatic rings. The van der Waals surface area contributed by atoms with Gasteiger partial charge in [0, 0.05) is 19.3 Å². The van der Waals surface area contributed by atoms with Crippen molar-refractivity contribution >= 4 is 17.5 Å². The van der Waals surface area contributed by atoms with Crippen molar-refractivity contribution in [3.63, 3.8) is 0 Å². The van der Waals surface area contributed by atoms with Crippen LogP contribution in [0.25, 0.3) is 0 Å². The Bertz CT molecular complexity index is 410. The molecule has 1 aromatic heterocycles. The van der Waals surface area contributed by atoms with Crippen LogP contribution in [0.2, 0.25) is 5.15 Å². The third-order valence-corrected chi connectivity index (χ3v) is 3.43. The zero-order chi connectivity index (χ0) is 12.3. The molecule has 92 valence electrons. The molecule has 5 heteroatoms. The van der Waals surface area contributed by atoms with Gasteiger partial charge in [-0.1, -0.05) is 11.6 Å². The first-order valence-electron chi connectivity index (χ1n) is 5.82. The lowest BCUT2D eigenvalue weighted by Crippen LogP contribution is -2.42. The Balaban J connectivity index is 2.12. The zero-order valence-corrected chi connectivity index (χ0v) is 10.4. The summed E-state index contributed by atoms with van der Waals surface area (Å²) in [6, 6.07) is 3.44. The first-order valence-corrected chi connectivity index (χ1v) is 6.20. The minimum Gasteiger partial charge on any atom is -0.338 e. The molecule has 0 spiro atoms. The summed E-state index contributed by atoms with van der Waals surface area (Å²) in [5.74, 6) is 0.365. The number of rotatable bonds is 2. The van der Waals surface area contributed by atoms with Gasteiger partial charge in [-0.25, -0.2) is 4.98 Å². The molecule has 0 saturated carbocycles. The van der Waals surface area contributed by atoms with E-state index in [0.717, 1.165) is 25.9 Å². The molecular formula is C12H16ClN3O. The molecule has 1 amide bonds. The van der Waals surface area contributed by atoms with Crippen LogP contribution in [-0.2, 0) is 0 Å². The average molecular weight is 254 g/mol. The van der Waals surface area contributed by atoms with Crippen molar-refractivity contribution in [2.45, 2.75) is 12.8 Å². The Morgan fingerprint density at radius 3 is 3.18 bits per heavy atom. The van der Waals surface area contributed by atoms with Gasteiger partial charge in [0.2, 0.25) is 0 Å². The maximum atomic E-state index is 12.2. The predicted octanol–water partition coefficient (Wildman–Crippen LogP) is 1.55. The molecular weight excluding hydrogens is 238 g/mol. The number of carbonyl (C=O) groups excluding carboxylic acids is 1. The van der Waals surface area contributed by atoms with Gasteiger partial charge in [0.05, 0.1) is 5.56 Å². The number of carbonyl (C=O) groups is 1. The molecule has 0 aliphatic carbocycles. The molecule has 0 bridgehead atoms. The third-order valence-electron chi connectivity index (χ3n) is 3.13. The fraction of sp³-hybridized carbons (Fsp3) is 0.500. The molecule has 2 N–H and O–H groups in total. The number of halogens is 1. The molecule has 0 radical (unpaired) electrons. The van der Waals surface area contributed by atoms with E-state index in [4.69, 9.17) is 17.3 Å². The molecule has 1 aliphatic heterocycles. The summed E-state index contributed by atoms with van der Waals surface area (Å²) in [6.07, 6.45) is 3.69. The molecule has 1 atom stereocenters. The lowest BCUT2D eigenvalue weighted by molar-refractivity contribution is 0.0678. The Morgan fingerprint density at radius 2 is 2.47 bits per heavy atom. The van der Waals surface area contributed by atoms with Gasteiger partial charge in [-0.15, -0.1) is 0 Å². The van der Waals surface area contributed by atoms with Gasteiger partial charge >= 0.3 is 0 Å². The number of amides is 1. The quantitative estimate of drug-likeness (QED) is 0.814. The molecule has 2 rings (SSSR count). The molecule has 0 aromatic carbocycles. The second kappa shape index (κ2) is 5.47. The highest BCUT2D eigenvalue weighted by molar-refractivity contribution is 6.32. The highest BCUT2D eigenvalue weighted by Crippen LogP contribution is 2.20. The fourth-order valence-corrected chi connectivity index (χ4v) is 2.36. The third kappa shape index (κ3) is 2.76. The van der Waals surface area contributed by atoms with Crippen molar-refractivity contribution in [1.82, 2.24) is 9.88 Å². The molecule has 4 nitrogen and oxygen atoms in total.